The summed E-state index contributed by atoms with van der Waals surface area (Å²) in [5.41, 5.74) is 4.40. The summed E-state index contributed by atoms with van der Waals surface area (Å²) < 4.78 is 5.24. The number of anilines is 1. The molecule has 2 N–H and O–H groups in total. The van der Waals surface area contributed by atoms with Gasteiger partial charge in [-0.1, -0.05) is 25.5 Å². The Morgan fingerprint density at radius 3 is 2.56 bits per heavy atom. The van der Waals surface area contributed by atoms with E-state index in [1.807, 2.05) is 32.9 Å². The largest absolute Gasteiger partial charge is 0.462 e. The predicted molar refractivity (Wildman–Crippen MR) is 105 cm³/mol. The maximum atomic E-state index is 12.7. The van der Waals surface area contributed by atoms with Crippen molar-refractivity contribution in [1.82, 2.24) is 9.97 Å². The number of ether oxygens (including phenoxy) is 1. The average Bonchev–Trinajstić information content (AvgIpc) is 3.03. The van der Waals surface area contributed by atoms with Gasteiger partial charge in [-0.15, -0.1) is 0 Å². The highest BCUT2D eigenvalue weighted by atomic mass is 16.5. The quantitative estimate of drug-likeness (QED) is 0.501. The molecule has 0 aliphatic heterocycles. The van der Waals surface area contributed by atoms with E-state index in [1.54, 1.807) is 24.3 Å². The van der Waals surface area contributed by atoms with E-state index in [1.165, 1.54) is 0 Å². The molecule has 0 fully saturated rings. The van der Waals surface area contributed by atoms with Gasteiger partial charge in [-0.05, 0) is 55.7 Å². The minimum atomic E-state index is -0.495. The van der Waals surface area contributed by atoms with Crippen LogP contribution < -0.4 is 5.32 Å². The van der Waals surface area contributed by atoms with Crippen LogP contribution in [0.3, 0.4) is 0 Å². The van der Waals surface area contributed by atoms with E-state index in [0.29, 0.717) is 12.6 Å². The van der Waals surface area contributed by atoms with Crippen LogP contribution >= 0.6 is 0 Å². The second-order valence-corrected chi connectivity index (χ2v) is 6.53. The summed E-state index contributed by atoms with van der Waals surface area (Å²) >= 11 is 0. The molecule has 1 amide bonds. The van der Waals surface area contributed by atoms with E-state index in [0.717, 1.165) is 35.0 Å². The molecule has 0 aliphatic carbocycles. The van der Waals surface area contributed by atoms with Gasteiger partial charge in [0.2, 0.25) is 5.95 Å². The van der Waals surface area contributed by atoms with Gasteiger partial charge < -0.3 is 9.72 Å². The molecule has 0 aliphatic rings. The lowest BCUT2D eigenvalue weighted by Crippen LogP contribution is -2.18. The minimum absolute atomic E-state index is 0.244. The van der Waals surface area contributed by atoms with E-state index in [9.17, 15) is 9.59 Å². The van der Waals surface area contributed by atoms with Gasteiger partial charge in [-0.25, -0.2) is 9.78 Å². The molecule has 0 saturated heterocycles. The van der Waals surface area contributed by atoms with Gasteiger partial charge in [-0.2, -0.15) is 0 Å². The Balaban J connectivity index is 1.81. The third-order valence-corrected chi connectivity index (χ3v) is 4.45. The molecule has 3 aromatic rings. The number of rotatable bonds is 6. The molecular formula is C21H23N3O3. The van der Waals surface area contributed by atoms with Crippen molar-refractivity contribution in [2.45, 2.75) is 33.6 Å². The van der Waals surface area contributed by atoms with Crippen LogP contribution in [0.4, 0.5) is 5.95 Å². The number of fused-ring (bicyclic) bond motifs is 1. The van der Waals surface area contributed by atoms with Crippen molar-refractivity contribution in [1.29, 1.82) is 0 Å². The number of imidazole rings is 1. The second kappa shape index (κ2) is 8.03. The zero-order valence-electron chi connectivity index (χ0n) is 15.8. The van der Waals surface area contributed by atoms with Crippen molar-refractivity contribution in [3.63, 3.8) is 0 Å². The lowest BCUT2D eigenvalue weighted by atomic mass is 10.1. The number of unbranched alkanes of at least 4 members (excludes halogenated alkanes) is 1. The summed E-state index contributed by atoms with van der Waals surface area (Å²) in [6.45, 7) is 6.40. The number of nitrogens with zero attached hydrogens (tertiary/aromatic N) is 1. The minimum Gasteiger partial charge on any atom is -0.462 e. The molecule has 2 aromatic carbocycles. The van der Waals surface area contributed by atoms with Gasteiger partial charge >= 0.3 is 5.97 Å². The van der Waals surface area contributed by atoms with E-state index < -0.39 is 11.9 Å². The number of amides is 1. The van der Waals surface area contributed by atoms with Gasteiger partial charge in [-0.3, -0.25) is 10.1 Å². The normalized spacial score (nSPS) is 10.8. The molecule has 1 heterocycles. The monoisotopic (exact) mass is 365 g/mol. The Morgan fingerprint density at radius 2 is 1.81 bits per heavy atom. The molecule has 0 unspecified atom stereocenters. The Bertz CT molecular complexity index is 953. The smallest absolute Gasteiger partial charge is 0.338 e. The van der Waals surface area contributed by atoms with Gasteiger partial charge in [0.15, 0.2) is 0 Å². The van der Waals surface area contributed by atoms with Crippen LogP contribution in [0.2, 0.25) is 0 Å². The molecule has 140 valence electrons. The molecule has 0 bridgehead atoms. The van der Waals surface area contributed by atoms with Crippen molar-refractivity contribution >= 4 is 28.9 Å². The number of aromatic amines is 1. The molecule has 3 rings (SSSR count). The van der Waals surface area contributed by atoms with Crippen LogP contribution in [0.25, 0.3) is 11.0 Å². The van der Waals surface area contributed by atoms with Crippen LogP contribution in [-0.2, 0) is 4.74 Å². The number of esters is 1. The maximum absolute atomic E-state index is 12.7. The Kier molecular flexibility index (Phi) is 5.54. The van der Waals surface area contributed by atoms with Crippen LogP contribution in [0.5, 0.6) is 0 Å². The fourth-order valence-electron chi connectivity index (χ4n) is 2.75. The Hall–Kier alpha value is -3.15. The lowest BCUT2D eigenvalue weighted by molar-refractivity contribution is 0.0497. The number of aryl methyl sites for hydroxylation is 2. The van der Waals surface area contributed by atoms with Crippen molar-refractivity contribution in [3.05, 3.63) is 58.7 Å². The molecule has 27 heavy (non-hydrogen) atoms. The van der Waals surface area contributed by atoms with Crippen LogP contribution in [-0.4, -0.2) is 28.5 Å². The first-order chi connectivity index (χ1) is 13.0. The zero-order valence-corrected chi connectivity index (χ0v) is 15.8. The standard InChI is InChI=1S/C21H23N3O3/c1-4-5-10-27-20(26)16-9-7-6-8-15(16)19(25)24-21-22-17-11-13(2)14(3)12-18(17)23-21/h6-9,11-12H,4-5,10H2,1-3H3,(H2,22,23,24,25). The number of H-pyrrole nitrogens is 1. The first kappa shape index (κ1) is 18.6. The average molecular weight is 365 g/mol. The summed E-state index contributed by atoms with van der Waals surface area (Å²) in [6, 6.07) is 10.6. The molecule has 0 saturated carbocycles. The number of benzene rings is 2. The molecule has 6 nitrogen and oxygen atoms in total. The summed E-state index contributed by atoms with van der Waals surface area (Å²) in [7, 11) is 0. The topological polar surface area (TPSA) is 84.1 Å². The number of carbonyl (C=O) groups excluding carboxylic acids is 2. The lowest BCUT2D eigenvalue weighted by Gasteiger charge is -2.09. The van der Waals surface area contributed by atoms with Crippen molar-refractivity contribution in [2.24, 2.45) is 0 Å². The molecule has 0 radical (unpaired) electrons. The fourth-order valence-corrected chi connectivity index (χ4v) is 2.75. The fraction of sp³-hybridized carbons (Fsp3) is 0.286. The highest BCUT2D eigenvalue weighted by molar-refractivity contribution is 6.10. The van der Waals surface area contributed by atoms with Gasteiger partial charge in [0.1, 0.15) is 0 Å². The van der Waals surface area contributed by atoms with Gasteiger partial charge in [0, 0.05) is 0 Å². The van der Waals surface area contributed by atoms with Gasteiger partial charge in [0.05, 0.1) is 28.8 Å². The number of aromatic nitrogens is 2. The molecular weight excluding hydrogens is 342 g/mol. The first-order valence-electron chi connectivity index (χ1n) is 9.04. The molecule has 6 heteroatoms. The van der Waals surface area contributed by atoms with Crippen LogP contribution in [0.15, 0.2) is 36.4 Å². The number of hydrogen-bond acceptors (Lipinski definition) is 4. The first-order valence-corrected chi connectivity index (χ1v) is 9.04. The van der Waals surface area contributed by atoms with Crippen LogP contribution in [0.1, 0.15) is 51.6 Å². The Labute approximate surface area is 158 Å². The maximum Gasteiger partial charge on any atom is 0.338 e. The van der Waals surface area contributed by atoms with Crippen LogP contribution in [0, 0.1) is 13.8 Å². The number of carbonyl (C=O) groups is 2. The van der Waals surface area contributed by atoms with Crippen molar-refractivity contribution in [2.75, 3.05) is 11.9 Å². The van der Waals surface area contributed by atoms with E-state index in [2.05, 4.69) is 15.3 Å². The van der Waals surface area contributed by atoms with E-state index in [4.69, 9.17) is 4.74 Å². The number of hydrogen-bond donors (Lipinski definition) is 2. The zero-order chi connectivity index (χ0) is 19.4. The third-order valence-electron chi connectivity index (χ3n) is 4.45. The molecule has 0 spiro atoms. The van der Waals surface area contributed by atoms with Crippen molar-refractivity contribution < 1.29 is 14.3 Å². The highest BCUT2D eigenvalue weighted by Crippen LogP contribution is 2.20. The summed E-state index contributed by atoms with van der Waals surface area (Å²) in [5, 5.41) is 2.74. The summed E-state index contributed by atoms with van der Waals surface area (Å²) in [5.74, 6) is -0.565. The van der Waals surface area contributed by atoms with Crippen molar-refractivity contribution in [3.8, 4) is 0 Å². The van der Waals surface area contributed by atoms with E-state index in [-0.39, 0.29) is 11.1 Å². The molecule has 1 aromatic heterocycles. The number of nitrogens with one attached hydrogen (secondary N) is 2. The predicted octanol–water partition coefficient (Wildman–Crippen LogP) is 4.39. The summed E-state index contributed by atoms with van der Waals surface area (Å²) in [4.78, 5) is 32.5. The SMILES string of the molecule is CCCCOC(=O)c1ccccc1C(=O)Nc1nc2cc(C)c(C)cc2[nH]1. The third kappa shape index (κ3) is 4.16. The highest BCUT2D eigenvalue weighted by Gasteiger charge is 2.19. The summed E-state index contributed by atoms with van der Waals surface area (Å²) in [6.07, 6.45) is 1.72. The van der Waals surface area contributed by atoms with E-state index >= 15 is 0 Å². The molecule has 0 atom stereocenters. The van der Waals surface area contributed by atoms with Gasteiger partial charge in [0.25, 0.3) is 5.91 Å². The second-order valence-electron chi connectivity index (χ2n) is 6.53. The Morgan fingerprint density at radius 1 is 1.11 bits per heavy atom.